The number of carboxylic acids is 1. The van der Waals surface area contributed by atoms with E-state index in [0.29, 0.717) is 19.7 Å². The lowest BCUT2D eigenvalue weighted by molar-refractivity contribution is -0.141. The van der Waals surface area contributed by atoms with Crippen molar-refractivity contribution in [3.63, 3.8) is 0 Å². The first-order valence-electron chi connectivity index (χ1n) is 6.37. The summed E-state index contributed by atoms with van der Waals surface area (Å²) in [7, 11) is 1.78. The Morgan fingerprint density at radius 1 is 1.53 bits per heavy atom. The molecule has 0 aromatic rings. The van der Waals surface area contributed by atoms with Crippen LogP contribution in [-0.4, -0.2) is 78.3 Å². The van der Waals surface area contributed by atoms with Crippen molar-refractivity contribution >= 4 is 23.8 Å². The monoisotopic (exact) mass is 290 g/mol. The zero-order valence-corrected chi connectivity index (χ0v) is 12.3. The van der Waals surface area contributed by atoms with E-state index in [9.17, 15) is 9.59 Å². The van der Waals surface area contributed by atoms with Crippen LogP contribution < -0.4 is 0 Å². The van der Waals surface area contributed by atoms with Crippen molar-refractivity contribution in [2.45, 2.75) is 18.9 Å². The minimum absolute atomic E-state index is 0.0419. The van der Waals surface area contributed by atoms with Crippen LogP contribution in [0.4, 0.5) is 4.79 Å². The molecule has 110 valence electrons. The van der Waals surface area contributed by atoms with Gasteiger partial charge in [-0.3, -0.25) is 4.79 Å². The second-order valence-electron chi connectivity index (χ2n) is 4.59. The molecule has 1 aliphatic heterocycles. The van der Waals surface area contributed by atoms with Gasteiger partial charge in [0.05, 0.1) is 19.1 Å². The van der Waals surface area contributed by atoms with Crippen molar-refractivity contribution in [3.8, 4) is 0 Å². The molecular weight excluding hydrogens is 268 g/mol. The summed E-state index contributed by atoms with van der Waals surface area (Å²) in [5.41, 5.74) is 0. The Kier molecular flexibility index (Phi) is 7.01. The van der Waals surface area contributed by atoms with Crippen molar-refractivity contribution in [1.29, 1.82) is 0 Å². The van der Waals surface area contributed by atoms with Gasteiger partial charge in [0, 0.05) is 26.7 Å². The average Bonchev–Trinajstić information content (AvgIpc) is 2.37. The summed E-state index contributed by atoms with van der Waals surface area (Å²) in [5.74, 6) is 0.134. The van der Waals surface area contributed by atoms with Gasteiger partial charge in [-0.25, -0.2) is 4.79 Å². The molecule has 1 atom stereocenters. The number of carbonyl (C=O) groups excluding carboxylic acids is 1. The van der Waals surface area contributed by atoms with E-state index in [0.717, 1.165) is 18.7 Å². The number of thioether (sulfide) groups is 1. The molecule has 6 nitrogen and oxygen atoms in total. The molecular formula is C12H22N2O4S. The van der Waals surface area contributed by atoms with Crippen LogP contribution in [0.2, 0.25) is 0 Å². The summed E-state index contributed by atoms with van der Waals surface area (Å²) in [6.45, 7) is 2.02. The fourth-order valence-corrected chi connectivity index (χ4v) is 2.41. The third-order valence-corrected chi connectivity index (χ3v) is 3.68. The van der Waals surface area contributed by atoms with Gasteiger partial charge in [0.1, 0.15) is 0 Å². The first-order chi connectivity index (χ1) is 9.04. The summed E-state index contributed by atoms with van der Waals surface area (Å²) in [6, 6.07) is -0.0419. The molecule has 0 aromatic carbocycles. The molecule has 1 rings (SSSR count). The zero-order valence-electron chi connectivity index (χ0n) is 11.5. The smallest absolute Gasteiger partial charge is 0.319 e. The molecule has 1 unspecified atom stereocenters. The highest BCUT2D eigenvalue weighted by Gasteiger charge is 2.27. The Morgan fingerprint density at radius 3 is 2.89 bits per heavy atom. The molecule has 0 saturated carbocycles. The molecule has 1 N–H and O–H groups in total. The van der Waals surface area contributed by atoms with E-state index in [4.69, 9.17) is 9.84 Å². The number of hydrogen-bond donors (Lipinski definition) is 1. The van der Waals surface area contributed by atoms with Crippen molar-refractivity contribution in [2.24, 2.45) is 0 Å². The maximum Gasteiger partial charge on any atom is 0.319 e. The van der Waals surface area contributed by atoms with Crippen LogP contribution in [-0.2, 0) is 9.53 Å². The highest BCUT2D eigenvalue weighted by atomic mass is 32.2. The normalized spacial score (nSPS) is 19.3. The van der Waals surface area contributed by atoms with Crippen molar-refractivity contribution in [3.05, 3.63) is 0 Å². The molecule has 0 spiro atoms. The number of morpholine rings is 1. The van der Waals surface area contributed by atoms with Gasteiger partial charge in [-0.1, -0.05) is 0 Å². The minimum Gasteiger partial charge on any atom is -0.481 e. The van der Waals surface area contributed by atoms with E-state index in [2.05, 4.69) is 0 Å². The second-order valence-corrected chi connectivity index (χ2v) is 5.57. The van der Waals surface area contributed by atoms with Gasteiger partial charge in [-0.05, 0) is 18.4 Å². The number of ether oxygens (including phenoxy) is 1. The first-order valence-corrected chi connectivity index (χ1v) is 7.76. The van der Waals surface area contributed by atoms with E-state index < -0.39 is 12.1 Å². The van der Waals surface area contributed by atoms with Gasteiger partial charge in [-0.2, -0.15) is 11.8 Å². The van der Waals surface area contributed by atoms with Gasteiger partial charge >= 0.3 is 12.0 Å². The molecule has 1 fully saturated rings. The second kappa shape index (κ2) is 8.27. The third kappa shape index (κ3) is 5.69. The lowest BCUT2D eigenvalue weighted by atomic mass is 10.2. The Morgan fingerprint density at radius 2 is 2.26 bits per heavy atom. The number of aliphatic carboxylic acids is 1. The van der Waals surface area contributed by atoms with Gasteiger partial charge < -0.3 is 19.6 Å². The maximum absolute atomic E-state index is 12.2. The van der Waals surface area contributed by atoms with Gasteiger partial charge in [0.25, 0.3) is 0 Å². The van der Waals surface area contributed by atoms with Gasteiger partial charge in [0.15, 0.2) is 0 Å². The van der Waals surface area contributed by atoms with E-state index in [1.807, 2.05) is 6.26 Å². The number of nitrogens with zero attached hydrogens (tertiary/aromatic N) is 2. The molecule has 0 bridgehead atoms. The van der Waals surface area contributed by atoms with Crippen LogP contribution in [0.3, 0.4) is 0 Å². The number of amides is 2. The van der Waals surface area contributed by atoms with E-state index in [1.165, 1.54) is 0 Å². The van der Waals surface area contributed by atoms with Crippen LogP contribution in [0.1, 0.15) is 12.8 Å². The quantitative estimate of drug-likeness (QED) is 0.738. The maximum atomic E-state index is 12.2. The van der Waals surface area contributed by atoms with Gasteiger partial charge in [-0.15, -0.1) is 0 Å². The van der Waals surface area contributed by atoms with Crippen LogP contribution in [0, 0.1) is 0 Å². The van der Waals surface area contributed by atoms with Crippen LogP contribution in [0.15, 0.2) is 0 Å². The standard InChI is InChI=1S/C12H22N2O4S/c1-13(4-3-7-19-2)12(17)14-5-6-18-10(9-14)8-11(15)16/h10H,3-9H2,1-2H3,(H,15,16). The Labute approximate surface area is 118 Å². The number of carbonyl (C=O) groups is 2. The highest BCUT2D eigenvalue weighted by Crippen LogP contribution is 2.11. The number of hydrogen-bond acceptors (Lipinski definition) is 4. The molecule has 0 radical (unpaired) electrons. The topological polar surface area (TPSA) is 70.1 Å². The van der Waals surface area contributed by atoms with Crippen LogP contribution in [0.25, 0.3) is 0 Å². The minimum atomic E-state index is -0.896. The summed E-state index contributed by atoms with van der Waals surface area (Å²) < 4.78 is 5.35. The largest absolute Gasteiger partial charge is 0.481 e. The Hall–Kier alpha value is -0.950. The molecule has 1 saturated heterocycles. The lowest BCUT2D eigenvalue weighted by Crippen LogP contribution is -2.50. The fourth-order valence-electron chi connectivity index (χ4n) is 1.99. The molecule has 1 heterocycles. The van der Waals surface area contributed by atoms with Crippen molar-refractivity contribution < 1.29 is 19.4 Å². The molecule has 0 aliphatic carbocycles. The Bertz CT molecular complexity index is 314. The van der Waals surface area contributed by atoms with E-state index in [-0.39, 0.29) is 12.5 Å². The van der Waals surface area contributed by atoms with Crippen LogP contribution >= 0.6 is 11.8 Å². The average molecular weight is 290 g/mol. The third-order valence-electron chi connectivity index (χ3n) is 2.98. The van der Waals surface area contributed by atoms with E-state index in [1.54, 1.807) is 28.6 Å². The highest BCUT2D eigenvalue weighted by molar-refractivity contribution is 7.98. The summed E-state index contributed by atoms with van der Waals surface area (Å²) in [4.78, 5) is 26.2. The predicted octanol–water partition coefficient (Wildman–Crippen LogP) is 0.967. The van der Waals surface area contributed by atoms with Crippen molar-refractivity contribution in [2.75, 3.05) is 45.3 Å². The molecule has 7 heteroatoms. The molecule has 19 heavy (non-hydrogen) atoms. The summed E-state index contributed by atoms with van der Waals surface area (Å²) in [6.07, 6.45) is 2.56. The zero-order chi connectivity index (χ0) is 14.3. The molecule has 2 amide bonds. The Balaban J connectivity index is 2.40. The number of rotatable bonds is 6. The predicted molar refractivity (Wildman–Crippen MR) is 74.6 cm³/mol. The first kappa shape index (κ1) is 16.1. The SMILES string of the molecule is CSCCCN(C)C(=O)N1CCOC(CC(=O)O)C1. The van der Waals surface area contributed by atoms with E-state index >= 15 is 0 Å². The van der Waals surface area contributed by atoms with Gasteiger partial charge in [0.2, 0.25) is 0 Å². The molecule has 1 aliphatic rings. The van der Waals surface area contributed by atoms with Crippen LogP contribution in [0.5, 0.6) is 0 Å². The lowest BCUT2D eigenvalue weighted by Gasteiger charge is -2.34. The summed E-state index contributed by atoms with van der Waals surface area (Å²) >= 11 is 1.76. The number of carboxylic acid groups (broad SMARTS) is 1. The molecule has 0 aromatic heterocycles. The summed E-state index contributed by atoms with van der Waals surface area (Å²) in [5, 5.41) is 8.75. The number of urea groups is 1. The van der Waals surface area contributed by atoms with Crippen molar-refractivity contribution in [1.82, 2.24) is 9.80 Å². The fraction of sp³-hybridized carbons (Fsp3) is 0.833.